The van der Waals surface area contributed by atoms with Crippen LogP contribution in [0.15, 0.2) is 29.2 Å². The molecule has 0 amide bonds. The lowest BCUT2D eigenvalue weighted by Gasteiger charge is -2.16. The molecule has 1 heterocycles. The van der Waals surface area contributed by atoms with Crippen LogP contribution in [-0.2, 0) is 9.84 Å². The number of sulfone groups is 1. The lowest BCUT2D eigenvalue weighted by atomic mass is 10.1. The molecule has 0 bridgehead atoms. The number of nitrogens with zero attached hydrogens (tertiary/aromatic N) is 2. The lowest BCUT2D eigenvalue weighted by molar-refractivity contribution is 0.341. The van der Waals surface area contributed by atoms with Crippen molar-refractivity contribution < 1.29 is 8.42 Å². The van der Waals surface area contributed by atoms with Gasteiger partial charge >= 0.3 is 0 Å². The van der Waals surface area contributed by atoms with Gasteiger partial charge in [-0.1, -0.05) is 0 Å². The zero-order valence-corrected chi connectivity index (χ0v) is 13.1. The monoisotopic (exact) mass is 307 g/mol. The van der Waals surface area contributed by atoms with Gasteiger partial charge in [-0.3, -0.25) is 0 Å². The molecule has 6 heteroatoms. The molecule has 1 aliphatic rings. The Hall–Kier alpha value is -1.42. The fourth-order valence-electron chi connectivity index (χ4n) is 2.68. The average Bonchev–Trinajstić information content (AvgIpc) is 2.93. The van der Waals surface area contributed by atoms with E-state index in [0.29, 0.717) is 22.9 Å². The third kappa shape index (κ3) is 4.27. The van der Waals surface area contributed by atoms with E-state index in [1.54, 1.807) is 12.1 Å². The van der Waals surface area contributed by atoms with E-state index in [0.717, 1.165) is 26.1 Å². The van der Waals surface area contributed by atoms with Gasteiger partial charge in [-0.25, -0.2) is 8.42 Å². The molecule has 1 N–H and O–H groups in total. The van der Waals surface area contributed by atoms with Crippen molar-refractivity contribution in [3.05, 3.63) is 29.8 Å². The highest BCUT2D eigenvalue weighted by molar-refractivity contribution is 7.91. The summed E-state index contributed by atoms with van der Waals surface area (Å²) in [5, 5.41) is 11.9. The molecule has 1 atom stereocenters. The van der Waals surface area contributed by atoms with Crippen LogP contribution < -0.4 is 5.32 Å². The van der Waals surface area contributed by atoms with Gasteiger partial charge in [0.25, 0.3) is 0 Å². The second kappa shape index (κ2) is 7.03. The van der Waals surface area contributed by atoms with Gasteiger partial charge in [0.15, 0.2) is 9.84 Å². The highest BCUT2D eigenvalue weighted by Crippen LogP contribution is 2.17. The number of hydrogen-bond acceptors (Lipinski definition) is 5. The Balaban J connectivity index is 1.91. The van der Waals surface area contributed by atoms with Gasteiger partial charge in [0.05, 0.1) is 22.3 Å². The minimum Gasteiger partial charge on any atom is -0.319 e. The molecule has 1 aromatic rings. The lowest BCUT2D eigenvalue weighted by Crippen LogP contribution is -2.29. The molecule has 0 aromatic heterocycles. The van der Waals surface area contributed by atoms with Gasteiger partial charge in [-0.15, -0.1) is 0 Å². The summed E-state index contributed by atoms with van der Waals surface area (Å²) in [5.41, 5.74) is 0.475. The van der Waals surface area contributed by atoms with Crippen LogP contribution in [0.3, 0.4) is 0 Å². The van der Waals surface area contributed by atoms with Gasteiger partial charge in [-0.2, -0.15) is 5.26 Å². The quantitative estimate of drug-likeness (QED) is 0.844. The summed E-state index contributed by atoms with van der Waals surface area (Å²) in [6, 6.07) is 8.12. The van der Waals surface area contributed by atoms with Crippen LogP contribution in [0.4, 0.5) is 0 Å². The summed E-state index contributed by atoms with van der Waals surface area (Å²) in [7, 11) is -1.33. The van der Waals surface area contributed by atoms with Crippen LogP contribution in [0, 0.1) is 17.2 Å². The molecule has 1 saturated heterocycles. The van der Waals surface area contributed by atoms with Gasteiger partial charge in [0, 0.05) is 13.1 Å². The molecule has 0 radical (unpaired) electrons. The Labute approximate surface area is 126 Å². The van der Waals surface area contributed by atoms with Crippen LogP contribution in [0.1, 0.15) is 12.0 Å². The Morgan fingerprint density at radius 3 is 2.71 bits per heavy atom. The van der Waals surface area contributed by atoms with Crippen molar-refractivity contribution in [1.82, 2.24) is 10.2 Å². The maximum atomic E-state index is 12.3. The smallest absolute Gasteiger partial charge is 0.179 e. The van der Waals surface area contributed by atoms with Crippen LogP contribution >= 0.6 is 0 Å². The molecule has 21 heavy (non-hydrogen) atoms. The number of likely N-dealkylation sites (tertiary alicyclic amines) is 1. The predicted molar refractivity (Wildman–Crippen MR) is 81.7 cm³/mol. The van der Waals surface area contributed by atoms with E-state index in [1.807, 2.05) is 13.1 Å². The molecule has 2 rings (SSSR count). The molecule has 1 aromatic carbocycles. The van der Waals surface area contributed by atoms with E-state index in [4.69, 9.17) is 5.26 Å². The fraction of sp³-hybridized carbons (Fsp3) is 0.533. The van der Waals surface area contributed by atoms with E-state index in [1.165, 1.54) is 12.1 Å². The van der Waals surface area contributed by atoms with Crippen molar-refractivity contribution in [3.63, 3.8) is 0 Å². The summed E-state index contributed by atoms with van der Waals surface area (Å²) >= 11 is 0. The summed E-state index contributed by atoms with van der Waals surface area (Å²) < 4.78 is 24.5. The normalized spacial score (nSPS) is 19.5. The second-order valence-electron chi connectivity index (χ2n) is 5.47. The molecule has 1 fully saturated rings. The van der Waals surface area contributed by atoms with Crippen molar-refractivity contribution >= 4 is 9.84 Å². The molecular formula is C15H21N3O2S. The van der Waals surface area contributed by atoms with Crippen LogP contribution in [0.25, 0.3) is 0 Å². The summed E-state index contributed by atoms with van der Waals surface area (Å²) in [5.74, 6) is 0.748. The third-order valence-electron chi connectivity index (χ3n) is 3.88. The first-order valence-electron chi connectivity index (χ1n) is 7.15. The van der Waals surface area contributed by atoms with Crippen molar-refractivity contribution in [3.8, 4) is 6.07 Å². The first-order chi connectivity index (χ1) is 10.0. The summed E-state index contributed by atoms with van der Waals surface area (Å²) in [6.07, 6.45) is 1.12. The number of nitrogens with one attached hydrogen (secondary N) is 1. The average molecular weight is 307 g/mol. The molecule has 5 nitrogen and oxygen atoms in total. The van der Waals surface area contributed by atoms with Crippen molar-refractivity contribution in [2.75, 3.05) is 39.0 Å². The van der Waals surface area contributed by atoms with Gasteiger partial charge in [0.1, 0.15) is 0 Å². The van der Waals surface area contributed by atoms with Crippen LogP contribution in [-0.4, -0.2) is 52.3 Å². The van der Waals surface area contributed by atoms with Crippen molar-refractivity contribution in [1.29, 1.82) is 5.26 Å². The Bertz CT molecular complexity index is 605. The van der Waals surface area contributed by atoms with E-state index < -0.39 is 9.84 Å². The largest absolute Gasteiger partial charge is 0.319 e. The molecule has 0 aliphatic carbocycles. The Morgan fingerprint density at radius 1 is 1.38 bits per heavy atom. The topological polar surface area (TPSA) is 73.2 Å². The predicted octanol–water partition coefficient (Wildman–Crippen LogP) is 0.873. The molecule has 0 saturated carbocycles. The number of rotatable bonds is 6. The Morgan fingerprint density at radius 2 is 2.10 bits per heavy atom. The van der Waals surface area contributed by atoms with Crippen molar-refractivity contribution in [2.45, 2.75) is 11.3 Å². The van der Waals surface area contributed by atoms with E-state index in [-0.39, 0.29) is 5.75 Å². The highest BCUT2D eigenvalue weighted by Gasteiger charge is 2.23. The molecule has 0 spiro atoms. The van der Waals surface area contributed by atoms with Gasteiger partial charge < -0.3 is 10.2 Å². The van der Waals surface area contributed by atoms with Crippen LogP contribution in [0.2, 0.25) is 0 Å². The van der Waals surface area contributed by atoms with Gasteiger partial charge in [-0.05, 0) is 56.7 Å². The third-order valence-corrected chi connectivity index (χ3v) is 5.59. The van der Waals surface area contributed by atoms with Gasteiger partial charge in [0.2, 0.25) is 0 Å². The Kier molecular flexibility index (Phi) is 5.34. The van der Waals surface area contributed by atoms with Crippen LogP contribution in [0.5, 0.6) is 0 Å². The van der Waals surface area contributed by atoms with E-state index in [9.17, 15) is 8.42 Å². The first kappa shape index (κ1) is 16.0. The van der Waals surface area contributed by atoms with E-state index >= 15 is 0 Å². The minimum atomic E-state index is -3.27. The zero-order chi connectivity index (χ0) is 15.3. The SMILES string of the molecule is CNCC1CCN(CCS(=O)(=O)c2ccc(C#N)cc2)C1. The highest BCUT2D eigenvalue weighted by atomic mass is 32.2. The summed E-state index contributed by atoms with van der Waals surface area (Å²) in [6.45, 7) is 3.49. The molecular weight excluding hydrogens is 286 g/mol. The van der Waals surface area contributed by atoms with Crippen molar-refractivity contribution in [2.24, 2.45) is 5.92 Å². The minimum absolute atomic E-state index is 0.130. The second-order valence-corrected chi connectivity index (χ2v) is 7.58. The standard InChI is InChI=1S/C15H21N3O2S/c1-17-11-14-6-7-18(12-14)8-9-21(19,20)15-4-2-13(10-16)3-5-15/h2-5,14,17H,6-9,11-12H2,1H3. The zero-order valence-electron chi connectivity index (χ0n) is 12.2. The number of hydrogen-bond donors (Lipinski definition) is 1. The number of benzene rings is 1. The fourth-order valence-corrected chi connectivity index (χ4v) is 3.96. The molecule has 1 aliphatic heterocycles. The maximum Gasteiger partial charge on any atom is 0.179 e. The summed E-state index contributed by atoms with van der Waals surface area (Å²) in [4.78, 5) is 2.51. The number of nitriles is 1. The maximum absolute atomic E-state index is 12.3. The molecule has 114 valence electrons. The molecule has 1 unspecified atom stereocenters. The first-order valence-corrected chi connectivity index (χ1v) is 8.80. The van der Waals surface area contributed by atoms with E-state index in [2.05, 4.69) is 10.2 Å².